The molecular weight excluding hydrogens is 350 g/mol. The zero-order valence-electron chi connectivity index (χ0n) is 16.1. The van der Waals surface area contributed by atoms with Crippen molar-refractivity contribution in [2.75, 3.05) is 19.0 Å². The molecule has 144 valence electrons. The normalized spacial score (nSPS) is 22.8. The smallest absolute Gasteiger partial charge is 0.341 e. The molecule has 3 rings (SSSR count). The van der Waals surface area contributed by atoms with Gasteiger partial charge in [0.2, 0.25) is 0 Å². The highest BCUT2D eigenvalue weighted by molar-refractivity contribution is 7.17. The van der Waals surface area contributed by atoms with Crippen molar-refractivity contribution in [3.05, 3.63) is 16.0 Å². The summed E-state index contributed by atoms with van der Waals surface area (Å²) in [7, 11) is 1.39. The molecule has 2 atom stereocenters. The maximum Gasteiger partial charge on any atom is 0.341 e. The third kappa shape index (κ3) is 3.67. The number of anilines is 1. The van der Waals surface area contributed by atoms with Crippen LogP contribution in [0.4, 0.5) is 5.00 Å². The van der Waals surface area contributed by atoms with Gasteiger partial charge in [-0.15, -0.1) is 11.3 Å². The lowest BCUT2D eigenvalue weighted by molar-refractivity contribution is -0.124. The van der Waals surface area contributed by atoms with Gasteiger partial charge in [-0.3, -0.25) is 4.79 Å². The van der Waals surface area contributed by atoms with Crippen molar-refractivity contribution < 1.29 is 19.1 Å². The summed E-state index contributed by atoms with van der Waals surface area (Å²) in [5.74, 6) is 0.0703. The predicted molar refractivity (Wildman–Crippen MR) is 103 cm³/mol. The number of carbonyl (C=O) groups is 2. The lowest BCUT2D eigenvalue weighted by atomic mass is 9.69. The van der Waals surface area contributed by atoms with Crippen LogP contribution in [0.5, 0.6) is 0 Å². The molecule has 0 saturated carbocycles. The number of carbonyl (C=O) groups excluding carboxylic acids is 2. The Morgan fingerprint density at radius 1 is 1.35 bits per heavy atom. The molecular formula is C20H29NO4S. The van der Waals surface area contributed by atoms with Gasteiger partial charge in [0.1, 0.15) is 11.1 Å². The van der Waals surface area contributed by atoms with Crippen LogP contribution in [0.3, 0.4) is 0 Å². The zero-order valence-corrected chi connectivity index (χ0v) is 17.0. The molecule has 1 saturated heterocycles. The number of ether oxygens (including phenoxy) is 2. The summed E-state index contributed by atoms with van der Waals surface area (Å²) in [5.41, 5.74) is 1.88. The van der Waals surface area contributed by atoms with Gasteiger partial charge in [0.05, 0.1) is 12.7 Å². The predicted octanol–water partition coefficient (Wildman–Crippen LogP) is 4.19. The van der Waals surface area contributed by atoms with Gasteiger partial charge >= 0.3 is 5.97 Å². The summed E-state index contributed by atoms with van der Waals surface area (Å²) < 4.78 is 10.5. The SMILES string of the molecule is CCC(C)(C)[C@@H]1CCc2c(sc(NC(=O)[C@H]3CCCO3)c2C(=O)OC)C1. The van der Waals surface area contributed by atoms with Crippen molar-refractivity contribution in [2.45, 2.75) is 65.4 Å². The van der Waals surface area contributed by atoms with Crippen molar-refractivity contribution in [1.82, 2.24) is 0 Å². The number of hydrogen-bond donors (Lipinski definition) is 1. The zero-order chi connectivity index (χ0) is 18.9. The topological polar surface area (TPSA) is 64.6 Å². The summed E-state index contributed by atoms with van der Waals surface area (Å²) in [6, 6.07) is 0. The van der Waals surface area contributed by atoms with E-state index in [1.165, 1.54) is 23.3 Å². The van der Waals surface area contributed by atoms with Crippen molar-refractivity contribution in [1.29, 1.82) is 0 Å². The highest BCUT2D eigenvalue weighted by Crippen LogP contribution is 2.45. The van der Waals surface area contributed by atoms with Gasteiger partial charge in [0.25, 0.3) is 5.91 Å². The fraction of sp³-hybridized carbons (Fsp3) is 0.700. The average molecular weight is 380 g/mol. The lowest BCUT2D eigenvalue weighted by Gasteiger charge is -2.36. The Morgan fingerprint density at radius 3 is 2.73 bits per heavy atom. The Bertz CT molecular complexity index is 688. The second kappa shape index (κ2) is 7.69. The Balaban J connectivity index is 1.88. The van der Waals surface area contributed by atoms with Gasteiger partial charge in [-0.2, -0.15) is 0 Å². The van der Waals surface area contributed by atoms with Gasteiger partial charge in [0, 0.05) is 11.5 Å². The van der Waals surface area contributed by atoms with Gasteiger partial charge in [-0.1, -0.05) is 27.2 Å². The molecule has 1 aliphatic heterocycles. The van der Waals surface area contributed by atoms with Gasteiger partial charge in [0.15, 0.2) is 0 Å². The fourth-order valence-electron chi connectivity index (χ4n) is 3.92. The molecule has 1 fully saturated rings. The second-order valence-corrected chi connectivity index (χ2v) is 9.08. The maximum absolute atomic E-state index is 12.5. The summed E-state index contributed by atoms with van der Waals surface area (Å²) in [6.07, 6.45) is 5.24. The molecule has 1 N–H and O–H groups in total. The van der Waals surface area contributed by atoms with E-state index in [0.29, 0.717) is 23.1 Å². The first kappa shape index (κ1) is 19.4. The Hall–Kier alpha value is -1.40. The number of fused-ring (bicyclic) bond motifs is 1. The average Bonchev–Trinajstić information content (AvgIpc) is 3.28. The monoisotopic (exact) mass is 379 g/mol. The number of esters is 1. The molecule has 1 aromatic heterocycles. The van der Waals surface area contributed by atoms with Crippen molar-refractivity contribution in [3.63, 3.8) is 0 Å². The molecule has 1 amide bonds. The quantitative estimate of drug-likeness (QED) is 0.779. The Morgan fingerprint density at radius 2 is 2.12 bits per heavy atom. The summed E-state index contributed by atoms with van der Waals surface area (Å²) >= 11 is 1.53. The van der Waals surface area contributed by atoms with Crippen molar-refractivity contribution in [3.8, 4) is 0 Å². The van der Waals surface area contributed by atoms with Crippen LogP contribution in [-0.2, 0) is 27.1 Å². The summed E-state index contributed by atoms with van der Waals surface area (Å²) in [4.78, 5) is 26.1. The van der Waals surface area contributed by atoms with Crippen LogP contribution in [0.2, 0.25) is 0 Å². The van der Waals surface area contributed by atoms with E-state index < -0.39 is 6.10 Å². The van der Waals surface area contributed by atoms with Crippen LogP contribution < -0.4 is 5.32 Å². The molecule has 1 aromatic rings. The number of hydrogen-bond acceptors (Lipinski definition) is 5. The first-order valence-electron chi connectivity index (χ1n) is 9.52. The minimum absolute atomic E-state index is 0.156. The van der Waals surface area contributed by atoms with E-state index in [2.05, 4.69) is 26.1 Å². The molecule has 6 heteroatoms. The molecule has 0 unspecified atom stereocenters. The number of amides is 1. The van der Waals surface area contributed by atoms with Crippen LogP contribution in [0.25, 0.3) is 0 Å². The van der Waals surface area contributed by atoms with E-state index in [0.717, 1.165) is 44.1 Å². The van der Waals surface area contributed by atoms with Crippen molar-refractivity contribution in [2.24, 2.45) is 11.3 Å². The molecule has 0 spiro atoms. The molecule has 0 radical (unpaired) electrons. The number of thiophene rings is 1. The van der Waals surface area contributed by atoms with Crippen molar-refractivity contribution >= 4 is 28.2 Å². The molecule has 2 heterocycles. The molecule has 0 bridgehead atoms. The third-order valence-electron chi connectivity index (χ3n) is 6.13. The highest BCUT2D eigenvalue weighted by Gasteiger charge is 2.36. The van der Waals surface area contributed by atoms with E-state index in [4.69, 9.17) is 9.47 Å². The van der Waals surface area contributed by atoms with E-state index in [9.17, 15) is 9.59 Å². The molecule has 1 aliphatic carbocycles. The van der Waals surface area contributed by atoms with Crippen LogP contribution in [-0.4, -0.2) is 31.7 Å². The minimum atomic E-state index is -0.411. The van der Waals surface area contributed by atoms with Crippen LogP contribution in [0, 0.1) is 11.3 Å². The largest absolute Gasteiger partial charge is 0.465 e. The van der Waals surface area contributed by atoms with Gasteiger partial charge in [-0.25, -0.2) is 4.79 Å². The summed E-state index contributed by atoms with van der Waals surface area (Å²) in [5, 5.41) is 3.57. The number of rotatable bonds is 5. The Labute approximate surface area is 159 Å². The van der Waals surface area contributed by atoms with Crippen LogP contribution in [0.15, 0.2) is 0 Å². The van der Waals surface area contributed by atoms with E-state index in [1.54, 1.807) is 0 Å². The molecule has 26 heavy (non-hydrogen) atoms. The standard InChI is InChI=1S/C20H29NO4S/c1-5-20(2,3)12-8-9-13-15(11-12)26-18(16(13)19(23)24-4)21-17(22)14-7-6-10-25-14/h12,14H,5-11H2,1-4H3,(H,21,22)/t12-,14-/m1/s1. The van der Waals surface area contributed by atoms with E-state index in [1.807, 2.05) is 0 Å². The van der Waals surface area contributed by atoms with Crippen LogP contribution in [0.1, 0.15) is 67.3 Å². The molecule has 0 aromatic carbocycles. The van der Waals surface area contributed by atoms with E-state index >= 15 is 0 Å². The highest BCUT2D eigenvalue weighted by atomic mass is 32.1. The maximum atomic E-state index is 12.5. The number of nitrogens with one attached hydrogen (secondary N) is 1. The van der Waals surface area contributed by atoms with Gasteiger partial charge < -0.3 is 14.8 Å². The van der Waals surface area contributed by atoms with Gasteiger partial charge in [-0.05, 0) is 49.0 Å². The molecule has 2 aliphatic rings. The minimum Gasteiger partial charge on any atom is -0.465 e. The number of methoxy groups -OCH3 is 1. The first-order valence-corrected chi connectivity index (χ1v) is 10.3. The van der Waals surface area contributed by atoms with E-state index in [-0.39, 0.29) is 17.3 Å². The fourth-order valence-corrected chi connectivity index (χ4v) is 5.24. The van der Waals surface area contributed by atoms with Crippen LogP contribution >= 0.6 is 11.3 Å². The summed E-state index contributed by atoms with van der Waals surface area (Å²) in [6.45, 7) is 7.49. The second-order valence-electron chi connectivity index (χ2n) is 7.97. The lowest BCUT2D eigenvalue weighted by Crippen LogP contribution is -2.29. The first-order chi connectivity index (χ1) is 12.4. The Kier molecular flexibility index (Phi) is 5.72. The third-order valence-corrected chi connectivity index (χ3v) is 7.30. The molecule has 5 nitrogen and oxygen atoms in total.